The van der Waals surface area contributed by atoms with E-state index >= 15 is 0 Å². The van der Waals surface area contributed by atoms with E-state index in [-0.39, 0.29) is 24.4 Å². The molecule has 3 aromatic rings. The Hall–Kier alpha value is -2.97. The first-order valence-corrected chi connectivity index (χ1v) is 11.0. The number of hydrogen-bond acceptors (Lipinski definition) is 6. The lowest BCUT2D eigenvalue weighted by Gasteiger charge is -2.22. The Labute approximate surface area is 186 Å². The second kappa shape index (κ2) is 7.86. The lowest BCUT2D eigenvalue weighted by molar-refractivity contribution is 0.0257. The van der Waals surface area contributed by atoms with Gasteiger partial charge in [0.2, 0.25) is 0 Å². The summed E-state index contributed by atoms with van der Waals surface area (Å²) >= 11 is -2.26. The average Bonchev–Trinajstić information content (AvgIpc) is 3.29. The summed E-state index contributed by atoms with van der Waals surface area (Å²) in [6, 6.07) is 4.78. The van der Waals surface area contributed by atoms with E-state index in [1.807, 2.05) is 20.8 Å². The Balaban J connectivity index is 1.88. The predicted molar refractivity (Wildman–Crippen MR) is 116 cm³/mol. The van der Waals surface area contributed by atoms with Gasteiger partial charge in [0, 0.05) is 29.5 Å². The SMILES string of the molecule is C#Cc1cccc(S(=O)O)c1Cn1nnc2c(N3CCC(F)(F)C3)nc(C(C)(C)C)nc21. The minimum atomic E-state index is -2.80. The van der Waals surface area contributed by atoms with Crippen molar-refractivity contribution in [2.24, 2.45) is 0 Å². The van der Waals surface area contributed by atoms with Crippen LogP contribution >= 0.6 is 0 Å². The van der Waals surface area contributed by atoms with Crippen LogP contribution in [0.2, 0.25) is 0 Å². The Morgan fingerprint density at radius 1 is 1.31 bits per heavy atom. The van der Waals surface area contributed by atoms with Gasteiger partial charge < -0.3 is 9.45 Å². The van der Waals surface area contributed by atoms with Crippen molar-refractivity contribution in [2.45, 2.75) is 50.0 Å². The molecule has 1 aliphatic heterocycles. The van der Waals surface area contributed by atoms with Crippen LogP contribution in [-0.2, 0) is 23.0 Å². The van der Waals surface area contributed by atoms with E-state index in [0.29, 0.717) is 33.9 Å². The summed E-state index contributed by atoms with van der Waals surface area (Å²) in [7, 11) is 0. The maximum atomic E-state index is 13.9. The summed E-state index contributed by atoms with van der Waals surface area (Å²) in [5.74, 6) is 0.475. The van der Waals surface area contributed by atoms with Gasteiger partial charge in [0.05, 0.1) is 18.0 Å². The van der Waals surface area contributed by atoms with Crippen LogP contribution < -0.4 is 4.90 Å². The van der Waals surface area contributed by atoms with Crippen LogP contribution in [0.5, 0.6) is 0 Å². The van der Waals surface area contributed by atoms with Gasteiger partial charge in [0.15, 0.2) is 28.1 Å². The van der Waals surface area contributed by atoms with E-state index in [2.05, 4.69) is 26.2 Å². The zero-order chi connectivity index (χ0) is 23.3. The summed E-state index contributed by atoms with van der Waals surface area (Å²) in [6.07, 6.45) is 5.33. The maximum Gasteiger partial charge on any atom is 0.266 e. The molecule has 0 radical (unpaired) electrons. The van der Waals surface area contributed by atoms with Gasteiger partial charge in [-0.1, -0.05) is 38.0 Å². The first-order chi connectivity index (χ1) is 15.0. The number of alkyl halides is 2. The Morgan fingerprint density at radius 2 is 2.06 bits per heavy atom. The molecule has 1 aliphatic rings. The molecule has 11 heteroatoms. The molecular weight excluding hydrogens is 438 g/mol. The molecule has 1 saturated heterocycles. The van der Waals surface area contributed by atoms with E-state index in [4.69, 9.17) is 6.42 Å². The first kappa shape index (κ1) is 22.2. The minimum absolute atomic E-state index is 0.0364. The topological polar surface area (TPSA) is 97.0 Å². The highest BCUT2D eigenvalue weighted by atomic mass is 32.2. The van der Waals surface area contributed by atoms with Crippen LogP contribution in [0.25, 0.3) is 11.2 Å². The van der Waals surface area contributed by atoms with E-state index < -0.39 is 29.0 Å². The largest absolute Gasteiger partial charge is 0.348 e. The fourth-order valence-electron chi connectivity index (χ4n) is 3.60. The number of aromatic nitrogens is 5. The van der Waals surface area contributed by atoms with Gasteiger partial charge in [0.25, 0.3) is 5.92 Å². The number of halogens is 2. The first-order valence-electron chi connectivity index (χ1n) is 9.94. The van der Waals surface area contributed by atoms with Crippen molar-refractivity contribution in [2.75, 3.05) is 18.0 Å². The molecule has 3 heterocycles. The van der Waals surface area contributed by atoms with Gasteiger partial charge in [-0.3, -0.25) is 0 Å². The number of terminal acetylenes is 1. The van der Waals surface area contributed by atoms with Crippen molar-refractivity contribution in [3.8, 4) is 12.3 Å². The molecule has 1 fully saturated rings. The lowest BCUT2D eigenvalue weighted by atomic mass is 9.96. The molecule has 32 heavy (non-hydrogen) atoms. The molecule has 4 rings (SSSR count). The molecule has 8 nitrogen and oxygen atoms in total. The summed E-state index contributed by atoms with van der Waals surface area (Å²) < 4.78 is 50.8. The molecule has 1 N–H and O–H groups in total. The Kier molecular flexibility index (Phi) is 5.46. The van der Waals surface area contributed by atoms with Crippen molar-refractivity contribution in [3.63, 3.8) is 0 Å². The number of hydrogen-bond donors (Lipinski definition) is 1. The number of fused-ring (bicyclic) bond motifs is 1. The van der Waals surface area contributed by atoms with Gasteiger partial charge >= 0.3 is 0 Å². The van der Waals surface area contributed by atoms with Crippen molar-refractivity contribution in [1.82, 2.24) is 25.0 Å². The molecule has 1 unspecified atom stereocenters. The molecule has 1 atom stereocenters. The normalized spacial score (nSPS) is 17.0. The summed E-state index contributed by atoms with van der Waals surface area (Å²) in [6.45, 7) is 5.49. The van der Waals surface area contributed by atoms with Gasteiger partial charge in [-0.25, -0.2) is 27.6 Å². The smallest absolute Gasteiger partial charge is 0.266 e. The van der Waals surface area contributed by atoms with E-state index in [0.717, 1.165) is 0 Å². The van der Waals surface area contributed by atoms with Crippen LogP contribution in [0.3, 0.4) is 0 Å². The van der Waals surface area contributed by atoms with Gasteiger partial charge in [-0.2, -0.15) is 0 Å². The summed E-state index contributed by atoms with van der Waals surface area (Å²) in [5.41, 5.74) is 1.05. The molecular formula is C21H22F2N6O2S. The summed E-state index contributed by atoms with van der Waals surface area (Å²) in [4.78, 5) is 10.9. The van der Waals surface area contributed by atoms with Crippen LogP contribution in [0.15, 0.2) is 23.1 Å². The predicted octanol–water partition coefficient (Wildman–Crippen LogP) is 2.97. The quantitative estimate of drug-likeness (QED) is 0.472. The second-order valence-corrected chi connectivity index (χ2v) is 9.68. The summed E-state index contributed by atoms with van der Waals surface area (Å²) in [5, 5.41) is 8.33. The molecule has 2 aromatic heterocycles. The molecule has 0 amide bonds. The average molecular weight is 461 g/mol. The number of anilines is 1. The minimum Gasteiger partial charge on any atom is -0.348 e. The Morgan fingerprint density at radius 3 is 2.66 bits per heavy atom. The monoisotopic (exact) mass is 460 g/mol. The maximum absolute atomic E-state index is 13.9. The molecule has 0 bridgehead atoms. The molecule has 0 aliphatic carbocycles. The van der Waals surface area contributed by atoms with Crippen LogP contribution in [0.1, 0.15) is 44.1 Å². The zero-order valence-corrected chi connectivity index (χ0v) is 18.7. The third-order valence-electron chi connectivity index (χ3n) is 5.27. The third-order valence-corrected chi connectivity index (χ3v) is 6.03. The third kappa shape index (κ3) is 4.08. The second-order valence-electron chi connectivity index (χ2n) is 8.74. The van der Waals surface area contributed by atoms with Crippen molar-refractivity contribution in [1.29, 1.82) is 0 Å². The van der Waals surface area contributed by atoms with E-state index in [9.17, 15) is 17.5 Å². The highest BCUT2D eigenvalue weighted by Crippen LogP contribution is 2.34. The number of nitrogens with zero attached hydrogens (tertiary/aromatic N) is 6. The van der Waals surface area contributed by atoms with E-state index in [1.54, 1.807) is 12.1 Å². The van der Waals surface area contributed by atoms with E-state index in [1.165, 1.54) is 15.6 Å². The Bertz CT molecular complexity index is 1260. The van der Waals surface area contributed by atoms with Crippen molar-refractivity contribution in [3.05, 3.63) is 35.2 Å². The highest BCUT2D eigenvalue weighted by Gasteiger charge is 2.40. The molecule has 1 aromatic carbocycles. The highest BCUT2D eigenvalue weighted by molar-refractivity contribution is 7.79. The standard InChI is InChI=1S/C21H22F2N6O2S/c1-5-13-7-6-8-15(32(30)31)14(13)11-29-18-16(26-27-29)17(24-19(25-18)20(2,3)4)28-10-9-21(22,23)12-28/h1,6-8H,9-12H2,2-4H3,(H,30,31). The number of rotatable bonds is 4. The van der Waals surface area contributed by atoms with Gasteiger partial charge in [-0.15, -0.1) is 11.5 Å². The molecule has 0 spiro atoms. The van der Waals surface area contributed by atoms with Crippen LogP contribution in [0, 0.1) is 12.3 Å². The van der Waals surface area contributed by atoms with Crippen molar-refractivity contribution >= 4 is 28.1 Å². The zero-order valence-electron chi connectivity index (χ0n) is 17.8. The van der Waals surface area contributed by atoms with Crippen LogP contribution in [-0.4, -0.2) is 52.7 Å². The molecule has 0 saturated carbocycles. The fraction of sp³-hybridized carbons (Fsp3) is 0.429. The lowest BCUT2D eigenvalue weighted by Crippen LogP contribution is -2.27. The molecule has 168 valence electrons. The number of benzene rings is 1. The fourth-order valence-corrected chi connectivity index (χ4v) is 4.18. The van der Waals surface area contributed by atoms with Gasteiger partial charge in [0.1, 0.15) is 5.82 Å². The van der Waals surface area contributed by atoms with Crippen molar-refractivity contribution < 1.29 is 17.5 Å². The van der Waals surface area contributed by atoms with Gasteiger partial charge in [-0.05, 0) is 12.1 Å². The van der Waals surface area contributed by atoms with Crippen LogP contribution in [0.4, 0.5) is 14.6 Å².